The molecule has 38 heteroatoms. The minimum atomic E-state index is -0.703. The fraction of sp³-hybridized carbons (Fsp3) is 0.431. The standard InChI is InChI=1S/2C26H31N7O2.2C25H30N8O2/c1-16-18(12-22(34)19-7-8-21(28-13-19)17-5-6-17)4-3-10-33(16)23-14-29-24(25(27)35)26(31-23)30-20-9-11-32(2)15-20;1-16-18(12-22(34)21-8-7-19(13-28-21)17-5-6-17)4-3-10-33(16)23-14-29-24(25(27)35)26(31-23)30-20-9-11-32(2)15-20;1-15-17(12-21(34)18-7-8-20(27-13-18)16-5-6-16)4-3-10-33(15)25-29-24(22(23(26)35)30-31-25)28-19-9-11-32(2)14-19;1-15-17(12-21(34)20-8-7-18(13-27-20)16-5-6-16)4-3-10-33(15)25-29-24(22(23(26)35)30-31-25)28-19-9-11-32(2)14-19/h2*7-9,11,13-18H,3-6,10,12H2,1-2H3,(H2,27,35)(H,30,31);2*7-9,11,13-17H,3-6,10,12H2,1-2H3,(H2,26,35)(H,28,29,31)/t2*16-,18+;2*15-,17+/m1111/s1. The number of aryl methyl sites for hydroxylation is 4. The number of rotatable bonds is 32. The number of carbonyl (C=O) groups is 8. The van der Waals surface area contributed by atoms with Crippen LogP contribution in [0.4, 0.5) is 69.6 Å². The Labute approximate surface area is 812 Å². The second-order valence-corrected chi connectivity index (χ2v) is 38.5. The number of nitrogens with one attached hydrogen (secondary N) is 4. The molecule has 4 aliphatic carbocycles. The lowest BCUT2D eigenvalue weighted by Gasteiger charge is -2.40. The molecule has 12 aromatic heterocycles. The number of pyridine rings is 4. The van der Waals surface area contributed by atoms with Crippen LogP contribution in [0, 0.1) is 23.7 Å². The van der Waals surface area contributed by atoms with Crippen molar-refractivity contribution in [2.24, 2.45) is 74.8 Å². The van der Waals surface area contributed by atoms with Crippen LogP contribution in [0.5, 0.6) is 0 Å². The van der Waals surface area contributed by atoms with E-state index in [9.17, 15) is 38.4 Å². The number of anilines is 12. The van der Waals surface area contributed by atoms with E-state index in [1.165, 1.54) is 62.5 Å². The molecule has 4 saturated heterocycles. The van der Waals surface area contributed by atoms with Crippen LogP contribution in [0.1, 0.15) is 286 Å². The number of ketones is 4. The predicted octanol–water partition coefficient (Wildman–Crippen LogP) is 14.0. The van der Waals surface area contributed by atoms with Crippen molar-refractivity contribution in [2.45, 2.75) is 204 Å². The summed E-state index contributed by atoms with van der Waals surface area (Å²) in [5, 5.41) is 29.2. The van der Waals surface area contributed by atoms with Gasteiger partial charge in [-0.2, -0.15) is 9.97 Å². The van der Waals surface area contributed by atoms with E-state index < -0.39 is 23.6 Å². The molecular weight excluding hydrogens is 1770 g/mol. The minimum Gasteiger partial charge on any atom is -0.364 e. The molecule has 20 rings (SSSR count). The molecule has 140 heavy (non-hydrogen) atoms. The lowest BCUT2D eigenvalue weighted by atomic mass is 9.85. The van der Waals surface area contributed by atoms with Crippen molar-refractivity contribution in [2.75, 3.05) is 67.0 Å². The molecule has 0 bridgehead atoms. The highest BCUT2D eigenvalue weighted by Gasteiger charge is 2.39. The van der Waals surface area contributed by atoms with Gasteiger partial charge in [0.05, 0.1) is 35.1 Å². The van der Waals surface area contributed by atoms with Crippen molar-refractivity contribution in [3.8, 4) is 0 Å². The highest BCUT2D eigenvalue weighted by molar-refractivity contribution is 6.00. The summed E-state index contributed by atoms with van der Waals surface area (Å²) >= 11 is 0. The number of amides is 4. The largest absolute Gasteiger partial charge is 0.364 e. The second-order valence-electron chi connectivity index (χ2n) is 38.5. The van der Waals surface area contributed by atoms with Crippen LogP contribution >= 0.6 is 0 Å². The Balaban J connectivity index is 0.000000129. The Bertz CT molecular complexity index is 5710. The van der Waals surface area contributed by atoms with Gasteiger partial charge < -0.3 is 82.1 Å². The van der Waals surface area contributed by atoms with Crippen LogP contribution in [-0.2, 0) is 28.2 Å². The molecule has 0 unspecified atom stereocenters. The smallest absolute Gasteiger partial charge is 0.273 e. The summed E-state index contributed by atoms with van der Waals surface area (Å²) in [4.78, 5) is 153. The number of carbonyl (C=O) groups excluding carboxylic acids is 8. The van der Waals surface area contributed by atoms with Crippen molar-refractivity contribution in [3.05, 3.63) is 227 Å². The number of Topliss-reactive ketones (excluding diaryl/α,β-unsaturated/α-hetero) is 4. The molecule has 4 aliphatic heterocycles. The van der Waals surface area contributed by atoms with Crippen LogP contribution < -0.4 is 63.8 Å². The Morgan fingerprint density at radius 2 is 0.621 bits per heavy atom. The number of primary amides is 4. The van der Waals surface area contributed by atoms with Crippen molar-refractivity contribution < 1.29 is 38.4 Å². The first-order valence-electron chi connectivity index (χ1n) is 48.6. The summed E-state index contributed by atoms with van der Waals surface area (Å²) in [6, 6.07) is 23.3. The van der Waals surface area contributed by atoms with Gasteiger partial charge in [0.2, 0.25) is 11.9 Å². The normalized spacial score (nSPS) is 20.0. The van der Waals surface area contributed by atoms with Crippen molar-refractivity contribution in [1.29, 1.82) is 0 Å². The SMILES string of the molecule is C[C@@H]1[C@H](CC(=O)c2ccc(C3CC3)cn2)CCCN1c1cnc(C(N)=O)c(Nc2ccn(C)c2)n1.C[C@@H]1[C@H](CC(=O)c2ccc(C3CC3)cn2)CCCN1c1nnc(C(N)=O)c(Nc2ccn(C)c2)n1.C[C@@H]1[C@H](CC(=O)c2ccc(C3CC3)nc2)CCCN1c1cnc(C(N)=O)c(Nc2ccn(C)c2)n1.C[C@@H]1[C@H](CC(=O)c2ccc(C3CC3)nc2)CCCN1c1nnc(C(N)=O)c(Nc2ccn(C)c2)n1. The zero-order valence-corrected chi connectivity index (χ0v) is 80.3. The van der Waals surface area contributed by atoms with Gasteiger partial charge in [0.15, 0.2) is 69.2 Å². The molecule has 8 aliphatic rings. The highest BCUT2D eigenvalue weighted by Crippen LogP contribution is 2.44. The summed E-state index contributed by atoms with van der Waals surface area (Å²) in [6.45, 7) is 11.5. The third kappa shape index (κ3) is 23.8. The molecule has 38 nitrogen and oxygen atoms in total. The van der Waals surface area contributed by atoms with E-state index in [4.69, 9.17) is 32.9 Å². The van der Waals surface area contributed by atoms with E-state index in [2.05, 4.69) is 129 Å². The Kier molecular flexibility index (Phi) is 29.6. The Morgan fingerprint density at radius 3 is 0.900 bits per heavy atom. The Morgan fingerprint density at radius 1 is 0.314 bits per heavy atom. The van der Waals surface area contributed by atoms with Gasteiger partial charge in [-0.15, -0.1) is 20.4 Å². The molecule has 12 aromatic rings. The lowest BCUT2D eigenvalue weighted by Crippen LogP contribution is -2.45. The lowest BCUT2D eigenvalue weighted by molar-refractivity contribution is 0.0933. The average Bonchev–Trinajstić information content (AvgIpc) is 0.937. The highest BCUT2D eigenvalue weighted by atomic mass is 16.2. The maximum absolute atomic E-state index is 13.0. The molecule has 728 valence electrons. The average molecular weight is 1900 g/mol. The first-order chi connectivity index (χ1) is 67.5. The summed E-state index contributed by atoms with van der Waals surface area (Å²) in [5.74, 6) is 4.02. The maximum Gasteiger partial charge on any atom is 0.273 e. The Hall–Kier alpha value is -15.1. The third-order valence-corrected chi connectivity index (χ3v) is 28.1. The number of hydrogen-bond donors (Lipinski definition) is 8. The molecular formula is C102H122N30O8. The van der Waals surface area contributed by atoms with Crippen LogP contribution in [0.2, 0.25) is 0 Å². The fourth-order valence-corrected chi connectivity index (χ4v) is 19.2. The van der Waals surface area contributed by atoms with Crippen LogP contribution in [-0.4, -0.2) is 186 Å². The molecule has 16 heterocycles. The van der Waals surface area contributed by atoms with E-state index in [-0.39, 0.29) is 105 Å². The molecule has 4 amide bonds. The quantitative estimate of drug-likeness (QED) is 0.0182. The first kappa shape index (κ1) is 96.5. The molecule has 8 atom stereocenters. The summed E-state index contributed by atoms with van der Waals surface area (Å²) in [7, 11) is 7.63. The molecule has 12 N–H and O–H groups in total. The summed E-state index contributed by atoms with van der Waals surface area (Å²) < 4.78 is 7.55. The van der Waals surface area contributed by atoms with Gasteiger partial charge in [-0.25, -0.2) is 19.9 Å². The van der Waals surface area contributed by atoms with Gasteiger partial charge in [0.1, 0.15) is 23.0 Å². The predicted molar refractivity (Wildman–Crippen MR) is 531 cm³/mol. The zero-order chi connectivity index (χ0) is 98.1. The second kappa shape index (κ2) is 42.9. The third-order valence-electron chi connectivity index (χ3n) is 28.1. The maximum atomic E-state index is 13.0. The van der Waals surface area contributed by atoms with Gasteiger partial charge in [-0.05, 0) is 238 Å². The van der Waals surface area contributed by atoms with Crippen LogP contribution in [0.15, 0.2) is 160 Å². The first-order valence-corrected chi connectivity index (χ1v) is 48.6. The number of hydrogen-bond acceptors (Lipinski definition) is 30. The zero-order valence-electron chi connectivity index (χ0n) is 80.3. The molecule has 8 fully saturated rings. The van der Waals surface area contributed by atoms with Crippen LogP contribution in [0.3, 0.4) is 0 Å². The molecule has 0 spiro atoms. The molecule has 0 aromatic carbocycles. The number of nitrogens with zero attached hydrogens (tertiary/aromatic N) is 22. The number of nitrogens with two attached hydrogens (primary N) is 4. The van der Waals surface area contributed by atoms with Gasteiger partial charge in [-0.1, -0.05) is 12.1 Å². The van der Waals surface area contributed by atoms with Gasteiger partial charge >= 0.3 is 0 Å². The van der Waals surface area contributed by atoms with Crippen molar-refractivity contribution in [1.82, 2.24) is 88.5 Å². The van der Waals surface area contributed by atoms with Gasteiger partial charge in [0.25, 0.3) is 23.6 Å². The van der Waals surface area contributed by atoms with E-state index in [1.807, 2.05) is 181 Å². The molecule has 4 saturated carbocycles. The number of aromatic nitrogens is 18. The van der Waals surface area contributed by atoms with Gasteiger partial charge in [0, 0.05) is 213 Å². The van der Waals surface area contributed by atoms with E-state index >= 15 is 0 Å². The summed E-state index contributed by atoms with van der Waals surface area (Å²) in [6.07, 6.45) is 44.3. The summed E-state index contributed by atoms with van der Waals surface area (Å²) in [5.41, 5.74) is 32.4. The van der Waals surface area contributed by atoms with E-state index in [0.717, 1.165) is 112 Å². The van der Waals surface area contributed by atoms with E-state index in [0.29, 0.717) is 107 Å². The van der Waals surface area contributed by atoms with Gasteiger partial charge in [-0.3, -0.25) is 58.3 Å². The van der Waals surface area contributed by atoms with Crippen molar-refractivity contribution >= 4 is 116 Å². The number of piperidine rings is 4. The minimum absolute atomic E-state index is 0.0175. The van der Waals surface area contributed by atoms with Crippen LogP contribution in [0.25, 0.3) is 0 Å². The van der Waals surface area contributed by atoms with Crippen molar-refractivity contribution in [3.63, 3.8) is 0 Å². The monoisotopic (exact) mass is 1900 g/mol. The topological polar surface area (TPSA) is 502 Å². The fourth-order valence-electron chi connectivity index (χ4n) is 19.2. The van der Waals surface area contributed by atoms with E-state index in [1.54, 1.807) is 24.8 Å². The molecule has 0 radical (unpaired) electrons.